The highest BCUT2D eigenvalue weighted by atomic mass is 127. The van der Waals surface area contributed by atoms with Gasteiger partial charge in [-0.25, -0.2) is 0 Å². The number of aryl methyl sites for hydroxylation is 1. The van der Waals surface area contributed by atoms with Crippen LogP contribution < -0.4 is 33.3 Å². The van der Waals surface area contributed by atoms with Crippen molar-refractivity contribution in [2.24, 2.45) is 7.05 Å². The van der Waals surface area contributed by atoms with Crippen molar-refractivity contribution in [3.05, 3.63) is 58.8 Å². The van der Waals surface area contributed by atoms with Gasteiger partial charge in [0.15, 0.2) is 6.20 Å². The number of benzene rings is 1. The molecule has 0 amide bonds. The molecule has 94 valence electrons. The van der Waals surface area contributed by atoms with Gasteiger partial charge in [-0.2, -0.15) is 4.57 Å². The van der Waals surface area contributed by atoms with Crippen molar-refractivity contribution < 1.29 is 38.2 Å². The topological polar surface area (TPSA) is 56.2 Å². The summed E-state index contributed by atoms with van der Waals surface area (Å²) in [7, 11) is 1.81. The van der Waals surface area contributed by atoms with Crippen LogP contribution in [0.4, 0.5) is 5.69 Å². The van der Waals surface area contributed by atoms with E-state index in [-0.39, 0.29) is 35.4 Å². The second-order valence-electron chi connectivity index (χ2n) is 3.48. The molecule has 0 bridgehead atoms. The summed E-state index contributed by atoms with van der Waals surface area (Å²) in [5, 5.41) is 10.8. The molecule has 0 N–H and O–H groups in total. The highest BCUT2D eigenvalue weighted by molar-refractivity contribution is 5.46. The van der Waals surface area contributed by atoms with E-state index in [1.54, 1.807) is 28.8 Å². The lowest BCUT2D eigenvalue weighted by molar-refractivity contribution is -0.675. The molecule has 0 saturated carbocycles. The maximum Gasteiger partial charge on any atom is 0.373 e. The van der Waals surface area contributed by atoms with Crippen LogP contribution in [0.25, 0.3) is 0 Å². The Kier molecular flexibility index (Phi) is 5.02. The summed E-state index contributed by atoms with van der Waals surface area (Å²) < 4.78 is 7.27. The average Bonchev–Trinajstić information content (AvgIpc) is 2.32. The van der Waals surface area contributed by atoms with Gasteiger partial charge in [-0.05, 0) is 12.1 Å². The summed E-state index contributed by atoms with van der Waals surface area (Å²) in [6.45, 7) is 0. The van der Waals surface area contributed by atoms with Gasteiger partial charge in [0.1, 0.15) is 7.05 Å². The fourth-order valence-electron chi connectivity index (χ4n) is 1.42. The number of hydrogen-bond donors (Lipinski definition) is 0. The van der Waals surface area contributed by atoms with E-state index in [1.165, 1.54) is 6.07 Å². The Bertz CT molecular complexity index is 561. The first-order chi connectivity index (χ1) is 8.18. The molecule has 0 fully saturated rings. The number of nitrogens with zero attached hydrogens (tertiary/aromatic N) is 2. The average molecular weight is 358 g/mol. The Morgan fingerprint density at radius 1 is 1.17 bits per heavy atom. The van der Waals surface area contributed by atoms with Crippen LogP contribution in [0, 0.1) is 10.1 Å². The van der Waals surface area contributed by atoms with Gasteiger partial charge < -0.3 is 28.7 Å². The standard InChI is InChI=1S/C12H11N2O3.HI/c1-13-9-5-4-8-12(13)17-11-7-3-2-6-10(11)14(15)16;/h2-9H,1H3;1H/q+1;/p-1. The van der Waals surface area contributed by atoms with E-state index in [1.807, 2.05) is 25.4 Å². The lowest BCUT2D eigenvalue weighted by atomic mass is 10.3. The molecule has 18 heavy (non-hydrogen) atoms. The first-order valence-electron chi connectivity index (χ1n) is 5.04. The molecule has 0 saturated heterocycles. The van der Waals surface area contributed by atoms with Gasteiger partial charge in [0, 0.05) is 12.1 Å². The third kappa shape index (κ3) is 3.16. The quantitative estimate of drug-likeness (QED) is 0.313. The van der Waals surface area contributed by atoms with Crippen molar-refractivity contribution in [3.63, 3.8) is 0 Å². The molecule has 2 aromatic rings. The number of pyridine rings is 1. The maximum atomic E-state index is 10.8. The lowest BCUT2D eigenvalue weighted by Gasteiger charge is -2.03. The summed E-state index contributed by atoms with van der Waals surface area (Å²) in [5.74, 6) is 0.779. The van der Waals surface area contributed by atoms with Gasteiger partial charge in [-0.3, -0.25) is 10.1 Å². The zero-order chi connectivity index (χ0) is 12.3. The zero-order valence-corrected chi connectivity index (χ0v) is 11.8. The van der Waals surface area contributed by atoms with E-state index < -0.39 is 4.92 Å². The molecule has 0 aliphatic carbocycles. The number of rotatable bonds is 3. The number of halogens is 1. The molecular weight excluding hydrogens is 347 g/mol. The van der Waals surface area contributed by atoms with Crippen molar-refractivity contribution in [1.82, 2.24) is 0 Å². The Balaban J connectivity index is 0.00000162. The normalized spacial score (nSPS) is 9.39. The van der Waals surface area contributed by atoms with Crippen LogP contribution in [0.15, 0.2) is 48.7 Å². The number of ether oxygens (including phenoxy) is 1. The predicted molar refractivity (Wildman–Crippen MR) is 60.8 cm³/mol. The summed E-state index contributed by atoms with van der Waals surface area (Å²) in [6, 6.07) is 11.7. The van der Waals surface area contributed by atoms with Gasteiger partial charge in [0.2, 0.25) is 5.75 Å². The van der Waals surface area contributed by atoms with E-state index in [0.29, 0.717) is 5.88 Å². The molecule has 0 radical (unpaired) electrons. The van der Waals surface area contributed by atoms with E-state index in [4.69, 9.17) is 4.74 Å². The van der Waals surface area contributed by atoms with Crippen LogP contribution >= 0.6 is 0 Å². The molecule has 0 unspecified atom stereocenters. The molecular formula is C12H11IN2O3. The SMILES string of the molecule is C[n+]1ccccc1Oc1ccccc1[N+](=O)[O-].[I-]. The molecule has 0 atom stereocenters. The van der Waals surface area contributed by atoms with Gasteiger partial charge in [-0.1, -0.05) is 12.1 Å². The highest BCUT2D eigenvalue weighted by Gasteiger charge is 2.17. The summed E-state index contributed by atoms with van der Waals surface area (Å²) in [5.41, 5.74) is -0.0450. The number of aromatic nitrogens is 1. The zero-order valence-electron chi connectivity index (χ0n) is 9.62. The van der Waals surface area contributed by atoms with Gasteiger partial charge >= 0.3 is 11.6 Å². The van der Waals surface area contributed by atoms with Crippen LogP contribution in [0.5, 0.6) is 11.6 Å². The van der Waals surface area contributed by atoms with Crippen molar-refractivity contribution in [2.45, 2.75) is 0 Å². The summed E-state index contributed by atoms with van der Waals surface area (Å²) in [6.07, 6.45) is 1.81. The van der Waals surface area contributed by atoms with Crippen LogP contribution in [0.1, 0.15) is 0 Å². The van der Waals surface area contributed by atoms with E-state index in [9.17, 15) is 10.1 Å². The van der Waals surface area contributed by atoms with Crippen molar-refractivity contribution in [3.8, 4) is 11.6 Å². The Morgan fingerprint density at radius 3 is 2.50 bits per heavy atom. The van der Waals surface area contributed by atoms with Crippen molar-refractivity contribution >= 4 is 5.69 Å². The molecule has 0 aliphatic heterocycles. The Labute approximate surface area is 121 Å². The molecule has 1 heterocycles. The van der Waals surface area contributed by atoms with E-state index >= 15 is 0 Å². The van der Waals surface area contributed by atoms with Gasteiger partial charge in [-0.15, -0.1) is 0 Å². The smallest absolute Gasteiger partial charge is 0.373 e. The summed E-state index contributed by atoms with van der Waals surface area (Å²) >= 11 is 0. The molecule has 1 aromatic carbocycles. The van der Waals surface area contributed by atoms with Crippen LogP contribution in [-0.4, -0.2) is 4.92 Å². The third-order valence-corrected chi connectivity index (χ3v) is 2.28. The molecule has 1 aromatic heterocycles. The van der Waals surface area contributed by atoms with Crippen molar-refractivity contribution in [2.75, 3.05) is 0 Å². The third-order valence-electron chi connectivity index (χ3n) is 2.28. The van der Waals surface area contributed by atoms with E-state index in [2.05, 4.69) is 0 Å². The maximum absolute atomic E-state index is 10.8. The number of para-hydroxylation sites is 2. The fourth-order valence-corrected chi connectivity index (χ4v) is 1.42. The van der Waals surface area contributed by atoms with Gasteiger partial charge in [0.05, 0.1) is 11.0 Å². The predicted octanol–water partition coefficient (Wildman–Crippen LogP) is -0.784. The second-order valence-corrected chi connectivity index (χ2v) is 3.48. The molecule has 0 spiro atoms. The molecule has 6 heteroatoms. The Hall–Kier alpha value is -1.70. The second kappa shape index (κ2) is 6.29. The molecule has 2 rings (SSSR count). The minimum Gasteiger partial charge on any atom is -1.00 e. The summed E-state index contributed by atoms with van der Waals surface area (Å²) in [4.78, 5) is 10.4. The first-order valence-corrected chi connectivity index (χ1v) is 5.04. The number of nitro benzene ring substituents is 1. The first kappa shape index (κ1) is 14.4. The fraction of sp³-hybridized carbons (Fsp3) is 0.0833. The van der Waals surface area contributed by atoms with E-state index in [0.717, 1.165) is 0 Å². The van der Waals surface area contributed by atoms with Gasteiger partial charge in [0.25, 0.3) is 0 Å². The minimum atomic E-state index is -0.460. The van der Waals surface area contributed by atoms with Crippen LogP contribution in [0.2, 0.25) is 0 Å². The highest BCUT2D eigenvalue weighted by Crippen LogP contribution is 2.28. The minimum absolute atomic E-state index is 0. The van der Waals surface area contributed by atoms with Crippen LogP contribution in [0.3, 0.4) is 0 Å². The lowest BCUT2D eigenvalue weighted by Crippen LogP contribution is -3.00. The number of hydrogen-bond acceptors (Lipinski definition) is 3. The monoisotopic (exact) mass is 358 g/mol. The number of nitro groups is 1. The van der Waals surface area contributed by atoms with Crippen LogP contribution in [-0.2, 0) is 7.05 Å². The molecule has 5 nitrogen and oxygen atoms in total. The molecule has 0 aliphatic rings. The van der Waals surface area contributed by atoms with Crippen molar-refractivity contribution in [1.29, 1.82) is 0 Å². The Morgan fingerprint density at radius 2 is 1.83 bits per heavy atom. The largest absolute Gasteiger partial charge is 1.00 e.